The zero-order valence-corrected chi connectivity index (χ0v) is 13.7. The van der Waals surface area contributed by atoms with Gasteiger partial charge in [0.2, 0.25) is 0 Å². The van der Waals surface area contributed by atoms with Crippen molar-refractivity contribution in [3.05, 3.63) is 29.8 Å². The molecule has 0 saturated carbocycles. The molecule has 126 valence electrons. The van der Waals surface area contributed by atoms with E-state index in [1.165, 1.54) is 0 Å². The first kappa shape index (κ1) is 18.7. The molecule has 0 fully saturated rings. The monoisotopic (exact) mass is 321 g/mol. The van der Waals surface area contributed by atoms with Crippen LogP contribution < -0.4 is 5.32 Å². The second-order valence-electron chi connectivity index (χ2n) is 6.29. The highest BCUT2D eigenvalue weighted by molar-refractivity contribution is 5.94. The highest BCUT2D eigenvalue weighted by Crippen LogP contribution is 2.14. The Bertz CT molecular complexity index is 557. The Morgan fingerprint density at radius 1 is 1.13 bits per heavy atom. The van der Waals surface area contributed by atoms with E-state index in [4.69, 9.17) is 9.84 Å². The zero-order valence-electron chi connectivity index (χ0n) is 13.7. The smallest absolute Gasteiger partial charge is 0.412 e. The van der Waals surface area contributed by atoms with Gasteiger partial charge in [-0.3, -0.25) is 14.9 Å². The van der Waals surface area contributed by atoms with Gasteiger partial charge >= 0.3 is 12.1 Å². The van der Waals surface area contributed by atoms with Gasteiger partial charge in [-0.25, -0.2) is 4.79 Å². The van der Waals surface area contributed by atoms with Crippen molar-refractivity contribution in [1.82, 2.24) is 0 Å². The molecule has 2 N–H and O–H groups in total. The summed E-state index contributed by atoms with van der Waals surface area (Å²) in [6, 6.07) is 7.24. The van der Waals surface area contributed by atoms with Crippen molar-refractivity contribution in [3.63, 3.8) is 0 Å². The van der Waals surface area contributed by atoms with Crippen molar-refractivity contribution in [2.24, 2.45) is 0 Å². The number of aryl methyl sites for hydroxylation is 1. The lowest BCUT2D eigenvalue weighted by Crippen LogP contribution is -2.27. The summed E-state index contributed by atoms with van der Waals surface area (Å²) in [6.07, 6.45) is 0.607. The molecule has 1 aromatic rings. The number of Topliss-reactive ketones (excluding diaryl/α,β-unsaturated/α-hetero) is 1. The van der Waals surface area contributed by atoms with E-state index in [-0.39, 0.29) is 12.2 Å². The summed E-state index contributed by atoms with van der Waals surface area (Å²) < 4.78 is 5.16. The predicted molar refractivity (Wildman–Crippen MR) is 86.5 cm³/mol. The first-order valence-corrected chi connectivity index (χ1v) is 7.48. The molecule has 0 aliphatic carbocycles. The number of carboxylic acid groups (broad SMARTS) is 1. The van der Waals surface area contributed by atoms with Crippen LogP contribution in [0.4, 0.5) is 10.5 Å². The molecule has 0 aromatic heterocycles. The minimum atomic E-state index is -1.09. The highest BCUT2D eigenvalue weighted by Gasteiger charge is 2.16. The molecule has 6 nitrogen and oxygen atoms in total. The average Bonchev–Trinajstić information content (AvgIpc) is 2.37. The minimum absolute atomic E-state index is 0.254. The summed E-state index contributed by atoms with van der Waals surface area (Å²) in [5.74, 6) is -1.35. The number of aliphatic carboxylic acids is 1. The SMILES string of the molecule is CC(C)(C)OC(=O)Nc1ccc(CCCC(=O)CC(=O)O)cc1. The van der Waals surface area contributed by atoms with Gasteiger partial charge in [0.25, 0.3) is 0 Å². The standard InChI is InChI=1S/C17H23NO5/c1-17(2,3)23-16(22)18-13-9-7-12(8-10-13)5-4-6-14(19)11-15(20)21/h7-10H,4-6,11H2,1-3H3,(H,18,22)(H,20,21). The molecule has 6 heteroatoms. The van der Waals surface area contributed by atoms with E-state index < -0.39 is 24.1 Å². The number of carbonyl (C=O) groups excluding carboxylic acids is 2. The molecule has 1 amide bonds. The fourth-order valence-corrected chi connectivity index (χ4v) is 1.92. The van der Waals surface area contributed by atoms with Crippen molar-refractivity contribution < 1.29 is 24.2 Å². The zero-order chi connectivity index (χ0) is 17.5. The fourth-order valence-electron chi connectivity index (χ4n) is 1.92. The van der Waals surface area contributed by atoms with Crippen LogP contribution in [0.3, 0.4) is 0 Å². The summed E-state index contributed by atoms with van der Waals surface area (Å²) >= 11 is 0. The van der Waals surface area contributed by atoms with E-state index in [1.807, 2.05) is 12.1 Å². The largest absolute Gasteiger partial charge is 0.481 e. The third-order valence-corrected chi connectivity index (χ3v) is 2.87. The third-order valence-electron chi connectivity index (χ3n) is 2.87. The van der Waals surface area contributed by atoms with Gasteiger partial charge in [-0.05, 0) is 51.3 Å². The number of amides is 1. The first-order chi connectivity index (χ1) is 10.7. The van der Waals surface area contributed by atoms with Crippen molar-refractivity contribution in [1.29, 1.82) is 0 Å². The number of carboxylic acids is 1. The molecule has 23 heavy (non-hydrogen) atoms. The number of ether oxygens (including phenoxy) is 1. The van der Waals surface area contributed by atoms with Crippen LogP contribution in [0.5, 0.6) is 0 Å². The Morgan fingerprint density at radius 2 is 1.74 bits per heavy atom. The van der Waals surface area contributed by atoms with E-state index >= 15 is 0 Å². The second-order valence-corrected chi connectivity index (χ2v) is 6.29. The van der Waals surface area contributed by atoms with Gasteiger partial charge in [-0.15, -0.1) is 0 Å². The molecule has 0 radical (unpaired) electrons. The fraction of sp³-hybridized carbons (Fsp3) is 0.471. The van der Waals surface area contributed by atoms with E-state index in [1.54, 1.807) is 32.9 Å². The van der Waals surface area contributed by atoms with Gasteiger partial charge in [0, 0.05) is 12.1 Å². The maximum absolute atomic E-state index is 11.6. The van der Waals surface area contributed by atoms with Gasteiger partial charge in [0.1, 0.15) is 17.8 Å². The topological polar surface area (TPSA) is 92.7 Å². The predicted octanol–water partition coefficient (Wildman–Crippen LogP) is 3.40. The molecule has 0 unspecified atom stereocenters. The van der Waals surface area contributed by atoms with Gasteiger partial charge in [-0.1, -0.05) is 12.1 Å². The van der Waals surface area contributed by atoms with Gasteiger partial charge in [-0.2, -0.15) is 0 Å². The Balaban J connectivity index is 2.40. The maximum atomic E-state index is 11.6. The van der Waals surface area contributed by atoms with Crippen molar-refractivity contribution in [3.8, 4) is 0 Å². The van der Waals surface area contributed by atoms with Crippen molar-refractivity contribution in [2.45, 2.75) is 52.1 Å². The number of hydrogen-bond acceptors (Lipinski definition) is 4. The van der Waals surface area contributed by atoms with Crippen LogP contribution >= 0.6 is 0 Å². The van der Waals surface area contributed by atoms with Gasteiger partial charge in [0.15, 0.2) is 0 Å². The number of hydrogen-bond donors (Lipinski definition) is 2. The summed E-state index contributed by atoms with van der Waals surface area (Å²) in [7, 11) is 0. The van der Waals surface area contributed by atoms with Gasteiger partial charge < -0.3 is 9.84 Å². The molecule has 0 aliphatic heterocycles. The van der Waals surface area contributed by atoms with Crippen LogP contribution in [0, 0.1) is 0 Å². The molecule has 1 aromatic carbocycles. The number of rotatable bonds is 7. The molecule has 1 rings (SSSR count). The third kappa shape index (κ3) is 8.60. The Morgan fingerprint density at radius 3 is 2.26 bits per heavy atom. The number of benzene rings is 1. The quantitative estimate of drug-likeness (QED) is 0.751. The van der Waals surface area contributed by atoms with Crippen LogP contribution in [-0.4, -0.2) is 28.6 Å². The summed E-state index contributed by atoms with van der Waals surface area (Å²) in [4.78, 5) is 33.3. The Labute approximate surface area is 135 Å². The summed E-state index contributed by atoms with van der Waals surface area (Å²) in [5.41, 5.74) is 1.10. The number of anilines is 1. The van der Waals surface area contributed by atoms with Crippen LogP contribution in [0.2, 0.25) is 0 Å². The molecule has 0 saturated heterocycles. The molecule has 0 heterocycles. The lowest BCUT2D eigenvalue weighted by Gasteiger charge is -2.19. The number of carbonyl (C=O) groups is 3. The molecular weight excluding hydrogens is 298 g/mol. The lowest BCUT2D eigenvalue weighted by molar-refractivity contribution is -0.140. The van der Waals surface area contributed by atoms with Crippen molar-refractivity contribution >= 4 is 23.5 Å². The second kappa shape index (κ2) is 8.31. The van der Waals surface area contributed by atoms with Crippen molar-refractivity contribution in [2.75, 3.05) is 5.32 Å². The number of nitrogens with one attached hydrogen (secondary N) is 1. The molecule has 0 bridgehead atoms. The normalized spacial score (nSPS) is 10.9. The van der Waals surface area contributed by atoms with E-state index in [0.29, 0.717) is 18.5 Å². The maximum Gasteiger partial charge on any atom is 0.412 e. The van der Waals surface area contributed by atoms with Crippen LogP contribution in [-0.2, 0) is 20.7 Å². The summed E-state index contributed by atoms with van der Waals surface area (Å²) in [6.45, 7) is 5.38. The van der Waals surface area contributed by atoms with E-state index in [9.17, 15) is 14.4 Å². The van der Waals surface area contributed by atoms with Crippen LogP contribution in [0.15, 0.2) is 24.3 Å². The molecule has 0 atom stereocenters. The summed E-state index contributed by atoms with van der Waals surface area (Å²) in [5, 5.41) is 11.1. The van der Waals surface area contributed by atoms with Crippen LogP contribution in [0.25, 0.3) is 0 Å². The van der Waals surface area contributed by atoms with E-state index in [2.05, 4.69) is 5.32 Å². The molecule has 0 spiro atoms. The minimum Gasteiger partial charge on any atom is -0.481 e. The Hall–Kier alpha value is -2.37. The first-order valence-electron chi connectivity index (χ1n) is 7.48. The lowest BCUT2D eigenvalue weighted by atomic mass is 10.1. The molecular formula is C17H23NO5. The molecule has 0 aliphatic rings. The Kier molecular flexibility index (Phi) is 6.75. The average molecular weight is 321 g/mol. The van der Waals surface area contributed by atoms with E-state index in [0.717, 1.165) is 5.56 Å². The van der Waals surface area contributed by atoms with Crippen LogP contribution in [0.1, 0.15) is 45.6 Å². The highest BCUT2D eigenvalue weighted by atomic mass is 16.6. The number of ketones is 1. The van der Waals surface area contributed by atoms with Gasteiger partial charge in [0.05, 0.1) is 0 Å².